The van der Waals surface area contributed by atoms with Crippen LogP contribution in [0.2, 0.25) is 0 Å². The van der Waals surface area contributed by atoms with Crippen LogP contribution in [0.25, 0.3) is 0 Å². The fraction of sp³-hybridized carbons (Fsp3) is 0.100. The number of anilines is 2. The molecule has 4 amide bonds. The Morgan fingerprint density at radius 2 is 1.69 bits per heavy atom. The number of imide groups is 1. The van der Waals surface area contributed by atoms with E-state index in [0.29, 0.717) is 22.7 Å². The number of amides is 4. The molecule has 166 valence electrons. The Morgan fingerprint density at radius 1 is 1.00 bits per heavy atom. The molecular formula is C20H13F4N3O4S. The fourth-order valence-corrected chi connectivity index (χ4v) is 3.39. The largest absolute Gasteiger partial charge is 0.416 e. The summed E-state index contributed by atoms with van der Waals surface area (Å²) in [6.45, 7) is -0.752. The van der Waals surface area contributed by atoms with Crippen LogP contribution in [-0.2, 0) is 20.6 Å². The second-order valence-corrected chi connectivity index (χ2v) is 7.38. The van der Waals surface area contributed by atoms with E-state index in [1.807, 2.05) is 0 Å². The van der Waals surface area contributed by atoms with Gasteiger partial charge in [0.2, 0.25) is 11.8 Å². The van der Waals surface area contributed by atoms with E-state index in [0.717, 1.165) is 30.3 Å². The number of nitrogens with one attached hydrogen (secondary N) is 2. The van der Waals surface area contributed by atoms with Gasteiger partial charge in [-0.25, -0.2) is 4.39 Å². The molecule has 2 aromatic rings. The molecule has 1 heterocycles. The van der Waals surface area contributed by atoms with Crippen molar-refractivity contribution in [1.29, 1.82) is 0 Å². The van der Waals surface area contributed by atoms with Gasteiger partial charge in [0, 0.05) is 17.5 Å². The van der Waals surface area contributed by atoms with Gasteiger partial charge in [0.15, 0.2) is 0 Å². The highest BCUT2D eigenvalue weighted by molar-refractivity contribution is 8.18. The standard InChI is InChI=1S/C20H13F4N3O4S/c21-12-4-6-13(7-5-12)25-16(28)9-15-18(30)27(19(31)32-15)10-17(29)26-14-3-1-2-11(8-14)20(22,23)24/h1-9H,10H2,(H,25,28)(H,26,29)/b15-9-. The molecule has 3 rings (SSSR count). The number of alkyl halides is 3. The molecule has 32 heavy (non-hydrogen) atoms. The monoisotopic (exact) mass is 467 g/mol. The summed E-state index contributed by atoms with van der Waals surface area (Å²) in [5.74, 6) is -3.07. The van der Waals surface area contributed by atoms with Gasteiger partial charge in [-0.3, -0.25) is 24.1 Å². The molecule has 1 aliphatic heterocycles. The molecule has 0 spiro atoms. The fourth-order valence-electron chi connectivity index (χ4n) is 2.58. The van der Waals surface area contributed by atoms with Crippen LogP contribution in [0.1, 0.15) is 5.56 Å². The topological polar surface area (TPSA) is 95.6 Å². The molecule has 0 radical (unpaired) electrons. The second-order valence-electron chi connectivity index (χ2n) is 6.39. The average Bonchev–Trinajstić information content (AvgIpc) is 2.96. The third-order valence-corrected chi connectivity index (χ3v) is 4.93. The van der Waals surface area contributed by atoms with E-state index in [-0.39, 0.29) is 16.3 Å². The maximum absolute atomic E-state index is 12.9. The molecule has 12 heteroatoms. The molecule has 0 aliphatic carbocycles. The van der Waals surface area contributed by atoms with E-state index in [9.17, 15) is 36.7 Å². The summed E-state index contributed by atoms with van der Waals surface area (Å²) in [6.07, 6.45) is -3.74. The van der Waals surface area contributed by atoms with Crippen molar-refractivity contribution in [3.05, 3.63) is 70.9 Å². The van der Waals surface area contributed by atoms with Gasteiger partial charge in [-0.2, -0.15) is 13.2 Å². The van der Waals surface area contributed by atoms with Crippen molar-refractivity contribution < 1.29 is 36.7 Å². The van der Waals surface area contributed by atoms with Crippen LogP contribution in [-0.4, -0.2) is 34.4 Å². The van der Waals surface area contributed by atoms with E-state index in [1.54, 1.807) is 0 Å². The number of hydrogen-bond acceptors (Lipinski definition) is 5. The molecule has 0 atom stereocenters. The SMILES string of the molecule is O=C(/C=C1\SC(=O)N(CC(=O)Nc2cccc(C(F)(F)F)c2)C1=O)Nc1ccc(F)cc1. The highest BCUT2D eigenvalue weighted by atomic mass is 32.2. The molecule has 0 saturated carbocycles. The molecule has 2 N–H and O–H groups in total. The summed E-state index contributed by atoms with van der Waals surface area (Å²) in [7, 11) is 0. The number of nitrogens with zero attached hydrogens (tertiary/aromatic N) is 1. The minimum absolute atomic E-state index is 0.161. The van der Waals surface area contributed by atoms with Crippen molar-refractivity contribution in [1.82, 2.24) is 4.90 Å². The van der Waals surface area contributed by atoms with Gasteiger partial charge >= 0.3 is 6.18 Å². The van der Waals surface area contributed by atoms with Gasteiger partial charge in [0.25, 0.3) is 11.1 Å². The quantitative estimate of drug-likeness (QED) is 0.512. The summed E-state index contributed by atoms with van der Waals surface area (Å²) in [4.78, 5) is 48.9. The molecule has 1 saturated heterocycles. The zero-order valence-corrected chi connectivity index (χ0v) is 16.7. The minimum atomic E-state index is -4.60. The molecule has 7 nitrogen and oxygen atoms in total. The summed E-state index contributed by atoms with van der Waals surface area (Å²) in [5.41, 5.74) is -0.880. The summed E-state index contributed by atoms with van der Waals surface area (Å²) < 4.78 is 51.2. The average molecular weight is 467 g/mol. The van der Waals surface area contributed by atoms with E-state index in [1.165, 1.54) is 18.2 Å². The van der Waals surface area contributed by atoms with Gasteiger partial charge in [0.1, 0.15) is 12.4 Å². The van der Waals surface area contributed by atoms with Crippen LogP contribution in [0, 0.1) is 5.82 Å². The number of hydrogen-bond donors (Lipinski definition) is 2. The van der Waals surface area contributed by atoms with Gasteiger partial charge in [-0.1, -0.05) is 6.07 Å². The number of carbonyl (C=O) groups excluding carboxylic acids is 4. The number of halogens is 4. The van der Waals surface area contributed by atoms with E-state index < -0.39 is 47.1 Å². The summed E-state index contributed by atoms with van der Waals surface area (Å²) >= 11 is 0.426. The first-order chi connectivity index (χ1) is 15.0. The molecule has 2 aromatic carbocycles. The maximum atomic E-state index is 12.9. The Kier molecular flexibility index (Phi) is 6.63. The highest BCUT2D eigenvalue weighted by Crippen LogP contribution is 2.32. The maximum Gasteiger partial charge on any atom is 0.416 e. The van der Waals surface area contributed by atoms with Crippen LogP contribution >= 0.6 is 11.8 Å². The Bertz CT molecular complexity index is 1120. The third kappa shape index (κ3) is 5.72. The lowest BCUT2D eigenvalue weighted by Crippen LogP contribution is -2.36. The van der Waals surface area contributed by atoms with Crippen molar-refractivity contribution in [3.8, 4) is 0 Å². The highest BCUT2D eigenvalue weighted by Gasteiger charge is 2.37. The normalized spacial score (nSPS) is 15.2. The molecule has 1 aliphatic rings. The van der Waals surface area contributed by atoms with Crippen molar-refractivity contribution in [3.63, 3.8) is 0 Å². The van der Waals surface area contributed by atoms with Crippen LogP contribution in [0.4, 0.5) is 33.7 Å². The van der Waals surface area contributed by atoms with Crippen molar-refractivity contribution in [2.24, 2.45) is 0 Å². The number of thioether (sulfide) groups is 1. The molecule has 0 bridgehead atoms. The van der Waals surface area contributed by atoms with Crippen LogP contribution in [0.3, 0.4) is 0 Å². The first-order valence-corrected chi connectivity index (χ1v) is 9.63. The van der Waals surface area contributed by atoms with Gasteiger partial charge in [-0.05, 0) is 54.2 Å². The Morgan fingerprint density at radius 3 is 2.34 bits per heavy atom. The van der Waals surface area contributed by atoms with E-state index >= 15 is 0 Å². The van der Waals surface area contributed by atoms with Gasteiger partial charge < -0.3 is 10.6 Å². The number of benzene rings is 2. The van der Waals surface area contributed by atoms with Crippen LogP contribution in [0.15, 0.2) is 59.5 Å². The zero-order chi connectivity index (χ0) is 23.5. The minimum Gasteiger partial charge on any atom is -0.325 e. The Labute approximate surface area is 182 Å². The molecule has 0 unspecified atom stereocenters. The second kappa shape index (κ2) is 9.22. The number of rotatable bonds is 5. The van der Waals surface area contributed by atoms with Crippen LogP contribution in [0.5, 0.6) is 0 Å². The smallest absolute Gasteiger partial charge is 0.325 e. The molecule has 1 fully saturated rings. The van der Waals surface area contributed by atoms with Crippen molar-refractivity contribution >= 4 is 46.1 Å². The first kappa shape index (κ1) is 23.0. The van der Waals surface area contributed by atoms with Gasteiger partial charge in [0.05, 0.1) is 10.5 Å². The lowest BCUT2D eigenvalue weighted by atomic mass is 10.2. The lowest BCUT2D eigenvalue weighted by Gasteiger charge is -2.13. The van der Waals surface area contributed by atoms with Gasteiger partial charge in [-0.15, -0.1) is 0 Å². The first-order valence-electron chi connectivity index (χ1n) is 8.82. The summed E-state index contributed by atoms with van der Waals surface area (Å²) in [5, 5.41) is 3.76. The Hall–Kier alpha value is -3.67. The van der Waals surface area contributed by atoms with Crippen molar-refractivity contribution in [2.75, 3.05) is 17.2 Å². The predicted molar refractivity (Wildman–Crippen MR) is 108 cm³/mol. The summed E-state index contributed by atoms with van der Waals surface area (Å²) in [6, 6.07) is 8.69. The molecule has 0 aromatic heterocycles. The zero-order valence-electron chi connectivity index (χ0n) is 15.9. The van der Waals surface area contributed by atoms with Crippen molar-refractivity contribution in [2.45, 2.75) is 6.18 Å². The number of carbonyl (C=O) groups is 4. The third-order valence-electron chi connectivity index (χ3n) is 4.02. The van der Waals surface area contributed by atoms with E-state index in [2.05, 4.69) is 10.6 Å². The lowest BCUT2D eigenvalue weighted by molar-refractivity contribution is -0.137. The Balaban J connectivity index is 1.63. The van der Waals surface area contributed by atoms with E-state index in [4.69, 9.17) is 0 Å². The molecular weight excluding hydrogens is 454 g/mol. The van der Waals surface area contributed by atoms with Crippen LogP contribution < -0.4 is 10.6 Å². The predicted octanol–water partition coefficient (Wildman–Crippen LogP) is 4.00.